The number of nitro groups is 1. The second kappa shape index (κ2) is 4.62. The molecule has 0 saturated carbocycles. The molecule has 0 spiro atoms. The van der Waals surface area contributed by atoms with E-state index in [9.17, 15) is 14.9 Å². The van der Waals surface area contributed by atoms with Gasteiger partial charge in [0.05, 0.1) is 22.0 Å². The van der Waals surface area contributed by atoms with Gasteiger partial charge in [-0.3, -0.25) is 19.5 Å². The Morgan fingerprint density at radius 3 is 2.35 bits per heavy atom. The van der Waals surface area contributed by atoms with Gasteiger partial charge < -0.3 is 0 Å². The molecule has 5 heteroatoms. The molecule has 2 aromatic carbocycles. The first-order chi connectivity index (χ1) is 9.68. The maximum Gasteiger partial charge on any atom is 0.295 e. The zero-order chi connectivity index (χ0) is 14.1. The molecule has 0 saturated heterocycles. The number of rotatable bonds is 2. The van der Waals surface area contributed by atoms with Crippen LogP contribution in [-0.4, -0.2) is 15.4 Å². The number of fused-ring (bicyclic) bond motifs is 1. The van der Waals surface area contributed by atoms with Crippen LogP contribution in [-0.2, 0) is 0 Å². The van der Waals surface area contributed by atoms with Gasteiger partial charge in [0.2, 0.25) is 0 Å². The molecule has 0 amide bonds. The van der Waals surface area contributed by atoms with E-state index in [1.807, 2.05) is 6.07 Å². The molecule has 1 heterocycles. The molecule has 5 nitrogen and oxygen atoms in total. The van der Waals surface area contributed by atoms with E-state index in [2.05, 4.69) is 0 Å². The molecular formula is C15H10N2O3. The molecule has 0 fully saturated rings. The lowest BCUT2D eigenvalue weighted by Gasteiger charge is -2.02. The highest BCUT2D eigenvalue weighted by atomic mass is 16.6. The molecular weight excluding hydrogens is 256 g/mol. The van der Waals surface area contributed by atoms with Crippen molar-refractivity contribution in [1.29, 1.82) is 0 Å². The Labute approximate surface area is 114 Å². The summed E-state index contributed by atoms with van der Waals surface area (Å²) in [5, 5.41) is 11.5. The van der Waals surface area contributed by atoms with Gasteiger partial charge in [-0.05, 0) is 24.3 Å². The van der Waals surface area contributed by atoms with Gasteiger partial charge in [-0.2, -0.15) is 0 Å². The average molecular weight is 266 g/mol. The van der Waals surface area contributed by atoms with Gasteiger partial charge in [-0.25, -0.2) is 0 Å². The van der Waals surface area contributed by atoms with Crippen molar-refractivity contribution in [3.8, 4) is 0 Å². The van der Waals surface area contributed by atoms with Crippen molar-refractivity contribution in [1.82, 2.24) is 4.57 Å². The predicted molar refractivity (Wildman–Crippen MR) is 74.8 cm³/mol. The van der Waals surface area contributed by atoms with Crippen LogP contribution in [0.3, 0.4) is 0 Å². The zero-order valence-electron chi connectivity index (χ0n) is 10.4. The lowest BCUT2D eigenvalue weighted by Crippen LogP contribution is -2.10. The van der Waals surface area contributed by atoms with E-state index >= 15 is 0 Å². The lowest BCUT2D eigenvalue weighted by atomic mass is 10.2. The van der Waals surface area contributed by atoms with Crippen LogP contribution in [0.1, 0.15) is 10.4 Å². The molecule has 0 aliphatic carbocycles. The average Bonchev–Trinajstić information content (AvgIpc) is 2.87. The van der Waals surface area contributed by atoms with Crippen molar-refractivity contribution in [2.45, 2.75) is 0 Å². The number of para-hydroxylation sites is 1. The second-order valence-electron chi connectivity index (χ2n) is 4.33. The molecule has 0 N–H and O–H groups in total. The van der Waals surface area contributed by atoms with Crippen LogP contribution in [0, 0.1) is 10.1 Å². The smallest absolute Gasteiger partial charge is 0.276 e. The summed E-state index contributed by atoms with van der Waals surface area (Å²) in [6.45, 7) is 0. The Morgan fingerprint density at radius 1 is 1.00 bits per heavy atom. The van der Waals surface area contributed by atoms with E-state index in [4.69, 9.17) is 0 Å². The lowest BCUT2D eigenvalue weighted by molar-refractivity contribution is -0.383. The Morgan fingerprint density at radius 2 is 1.65 bits per heavy atom. The largest absolute Gasteiger partial charge is 0.295 e. The number of hydrogen-bond donors (Lipinski definition) is 0. The van der Waals surface area contributed by atoms with E-state index in [1.165, 1.54) is 10.8 Å². The Hall–Kier alpha value is -2.95. The van der Waals surface area contributed by atoms with E-state index < -0.39 is 4.92 Å². The number of hydrogen-bond acceptors (Lipinski definition) is 3. The third-order valence-corrected chi connectivity index (χ3v) is 3.13. The SMILES string of the molecule is O=C(c1ccccc1)n1cc([N+](=O)[O-])c2ccccc21. The first kappa shape index (κ1) is 12.1. The third-order valence-electron chi connectivity index (χ3n) is 3.13. The maximum absolute atomic E-state index is 12.4. The maximum atomic E-state index is 12.4. The van der Waals surface area contributed by atoms with Crippen molar-refractivity contribution in [3.63, 3.8) is 0 Å². The minimum atomic E-state index is -0.475. The number of benzene rings is 2. The molecule has 0 unspecified atom stereocenters. The van der Waals surface area contributed by atoms with E-state index in [1.54, 1.807) is 48.5 Å². The van der Waals surface area contributed by atoms with Crippen LogP contribution in [0.4, 0.5) is 5.69 Å². The Kier molecular flexibility index (Phi) is 2.80. The molecule has 0 radical (unpaired) electrons. The van der Waals surface area contributed by atoms with Crippen molar-refractivity contribution < 1.29 is 9.72 Å². The molecule has 0 atom stereocenters. The molecule has 0 aliphatic heterocycles. The van der Waals surface area contributed by atoms with Crippen LogP contribution in [0.5, 0.6) is 0 Å². The fraction of sp³-hybridized carbons (Fsp3) is 0. The van der Waals surface area contributed by atoms with Crippen LogP contribution in [0.25, 0.3) is 10.9 Å². The standard InChI is InChI=1S/C15H10N2O3/c18-15(11-6-2-1-3-7-11)16-10-14(17(19)20)12-8-4-5-9-13(12)16/h1-10H. The highest BCUT2D eigenvalue weighted by molar-refractivity contribution is 6.04. The van der Waals surface area contributed by atoms with Gasteiger partial charge in [0.15, 0.2) is 0 Å². The van der Waals surface area contributed by atoms with E-state index in [0.29, 0.717) is 16.5 Å². The van der Waals surface area contributed by atoms with Crippen molar-refractivity contribution in [2.24, 2.45) is 0 Å². The highest BCUT2D eigenvalue weighted by Gasteiger charge is 2.20. The van der Waals surface area contributed by atoms with Gasteiger partial charge in [0.25, 0.3) is 11.6 Å². The fourth-order valence-electron chi connectivity index (χ4n) is 2.20. The van der Waals surface area contributed by atoms with Crippen LogP contribution >= 0.6 is 0 Å². The summed E-state index contributed by atoms with van der Waals surface area (Å²) in [4.78, 5) is 23.0. The second-order valence-corrected chi connectivity index (χ2v) is 4.33. The van der Waals surface area contributed by atoms with Gasteiger partial charge in [-0.1, -0.05) is 30.3 Å². The van der Waals surface area contributed by atoms with Gasteiger partial charge in [0.1, 0.15) is 0 Å². The molecule has 98 valence electrons. The molecule has 3 aromatic rings. The third kappa shape index (κ3) is 1.85. The van der Waals surface area contributed by atoms with Gasteiger partial charge >= 0.3 is 0 Å². The zero-order valence-corrected chi connectivity index (χ0v) is 10.4. The number of nitrogens with zero attached hydrogens (tertiary/aromatic N) is 2. The van der Waals surface area contributed by atoms with Crippen LogP contribution in [0.2, 0.25) is 0 Å². The van der Waals surface area contributed by atoms with Crippen molar-refractivity contribution >= 4 is 22.5 Å². The normalized spacial score (nSPS) is 10.6. The predicted octanol–water partition coefficient (Wildman–Crippen LogP) is 3.24. The first-order valence-electron chi connectivity index (χ1n) is 6.03. The quantitative estimate of drug-likeness (QED) is 0.528. The molecule has 20 heavy (non-hydrogen) atoms. The van der Waals surface area contributed by atoms with E-state index in [0.717, 1.165) is 0 Å². The monoisotopic (exact) mass is 266 g/mol. The molecule has 0 aliphatic rings. The fourth-order valence-corrected chi connectivity index (χ4v) is 2.20. The summed E-state index contributed by atoms with van der Waals surface area (Å²) >= 11 is 0. The van der Waals surface area contributed by atoms with Crippen molar-refractivity contribution in [2.75, 3.05) is 0 Å². The van der Waals surface area contributed by atoms with Crippen LogP contribution in [0.15, 0.2) is 60.8 Å². The minimum Gasteiger partial charge on any atom is -0.276 e. The summed E-state index contributed by atoms with van der Waals surface area (Å²) in [5.74, 6) is -0.282. The first-order valence-corrected chi connectivity index (χ1v) is 6.03. The van der Waals surface area contributed by atoms with Gasteiger partial charge in [0, 0.05) is 5.56 Å². The number of carbonyl (C=O) groups excluding carboxylic acids is 1. The summed E-state index contributed by atoms with van der Waals surface area (Å²) in [5.41, 5.74) is 0.959. The Balaban J connectivity index is 2.22. The van der Waals surface area contributed by atoms with Gasteiger partial charge in [-0.15, -0.1) is 0 Å². The molecule has 0 bridgehead atoms. The molecule has 3 rings (SSSR count). The van der Waals surface area contributed by atoms with Crippen LogP contribution < -0.4 is 0 Å². The number of aromatic nitrogens is 1. The highest BCUT2D eigenvalue weighted by Crippen LogP contribution is 2.28. The minimum absolute atomic E-state index is 0.0649. The topological polar surface area (TPSA) is 65.1 Å². The summed E-state index contributed by atoms with van der Waals surface area (Å²) in [6, 6.07) is 15.5. The van der Waals surface area contributed by atoms with Crippen molar-refractivity contribution in [3.05, 3.63) is 76.5 Å². The summed E-state index contributed by atoms with van der Waals surface area (Å²) < 4.78 is 1.32. The summed E-state index contributed by atoms with van der Waals surface area (Å²) in [6.07, 6.45) is 1.28. The van der Waals surface area contributed by atoms with E-state index in [-0.39, 0.29) is 11.6 Å². The summed E-state index contributed by atoms with van der Waals surface area (Å²) in [7, 11) is 0. The molecule has 1 aromatic heterocycles. The Bertz CT molecular complexity index is 806. The number of carbonyl (C=O) groups is 1.